The smallest absolute Gasteiger partial charge is 0.239 e. The number of para-hydroxylation sites is 2. The van der Waals surface area contributed by atoms with Crippen molar-refractivity contribution in [1.29, 1.82) is 0 Å². The van der Waals surface area contributed by atoms with Crippen molar-refractivity contribution in [2.75, 3.05) is 4.90 Å². The Morgan fingerprint density at radius 1 is 0.347 bits per heavy atom. The first-order valence-electron chi connectivity index (χ1n) is 26.6. The standard InChI is InChI=1S/C31H27ClN4.C23H24.C9H5Cl2N3.2CH4/c32-29-33-28(21-8-2-1-3-9-21)34-30(35-29)36-26-12-6-4-10-24(26)31(25-11-5-7-13-27(25)36)22-15-19-14-20(17-22)18-23(31)16-19;1-3-7-21-17(5-1)14-18-6-2-4-8-22(18)23(21)19-10-15-9-16(12-19)13-20(23)11-15;10-8-12-7(13-9(11)14-8)6-4-2-1-3-5-6;;/h1-13,19-20,22-23H,14-18H2;1-8,15-16,19-20H,9-14H2;1-5H;2*1H4. The molecule has 0 N–H and O–H groups in total. The van der Waals surface area contributed by atoms with Crippen molar-refractivity contribution < 1.29 is 0 Å². The van der Waals surface area contributed by atoms with Crippen LogP contribution in [0.5, 0.6) is 0 Å². The normalized spacial score (nSPS) is 25.5. The summed E-state index contributed by atoms with van der Waals surface area (Å²) in [6, 6.07) is 56.3. The lowest BCUT2D eigenvalue weighted by molar-refractivity contribution is -0.0433. The fraction of sp³-hybridized carbons (Fsp3) is 0.354. The van der Waals surface area contributed by atoms with Gasteiger partial charge in [0.1, 0.15) is 0 Å². The van der Waals surface area contributed by atoms with Crippen LogP contribution in [0.1, 0.15) is 112 Å². The number of aromatic nitrogens is 6. The molecular formula is C65H64Cl3N7. The second-order valence-corrected chi connectivity index (χ2v) is 23.4. The van der Waals surface area contributed by atoms with Crippen LogP contribution < -0.4 is 4.90 Å². The maximum absolute atomic E-state index is 6.53. The number of halogens is 3. The predicted octanol–water partition coefficient (Wildman–Crippen LogP) is 17.2. The summed E-state index contributed by atoms with van der Waals surface area (Å²) >= 11 is 17.8. The molecule has 3 heterocycles. The van der Waals surface area contributed by atoms with Gasteiger partial charge in [-0.2, -0.15) is 29.9 Å². The van der Waals surface area contributed by atoms with Gasteiger partial charge >= 0.3 is 0 Å². The fourth-order valence-electron chi connectivity index (χ4n) is 16.8. The van der Waals surface area contributed by atoms with Crippen molar-refractivity contribution in [3.63, 3.8) is 0 Å². The van der Waals surface area contributed by atoms with Crippen LogP contribution in [0.2, 0.25) is 15.9 Å². The Bertz CT molecular complexity index is 3210. The maximum Gasteiger partial charge on any atom is 0.239 e. The van der Waals surface area contributed by atoms with Gasteiger partial charge in [-0.25, -0.2) is 0 Å². The van der Waals surface area contributed by atoms with E-state index >= 15 is 0 Å². The Hall–Kier alpha value is -5.99. The number of benzene rings is 6. The molecule has 1 aliphatic heterocycles. The zero-order valence-electron chi connectivity index (χ0n) is 40.7. The van der Waals surface area contributed by atoms with Gasteiger partial charge in [-0.05, 0) is 198 Å². The Morgan fingerprint density at radius 2 is 0.680 bits per heavy atom. The summed E-state index contributed by atoms with van der Waals surface area (Å²) in [5.41, 5.74) is 14.1. The number of rotatable bonds is 3. The van der Waals surface area contributed by atoms with Crippen LogP contribution in [-0.2, 0) is 17.3 Å². The second-order valence-electron chi connectivity index (χ2n) is 22.4. The van der Waals surface area contributed by atoms with E-state index in [0.29, 0.717) is 34.8 Å². The van der Waals surface area contributed by atoms with Crippen LogP contribution in [0.25, 0.3) is 22.8 Å². The molecule has 0 atom stereocenters. The number of nitrogens with zero attached hydrogens (tertiary/aromatic N) is 7. The van der Waals surface area contributed by atoms with Gasteiger partial charge in [-0.1, -0.05) is 160 Å². The highest BCUT2D eigenvalue weighted by molar-refractivity contribution is 6.31. The lowest BCUT2D eigenvalue weighted by Gasteiger charge is -2.64. The molecule has 7 nitrogen and oxygen atoms in total. The molecule has 380 valence electrons. The number of anilines is 3. The van der Waals surface area contributed by atoms with E-state index in [1.807, 2.05) is 60.7 Å². The molecule has 10 aliphatic rings. The summed E-state index contributed by atoms with van der Waals surface area (Å²) in [5.74, 6) is 8.70. The zero-order chi connectivity index (χ0) is 48.8. The van der Waals surface area contributed by atoms with Gasteiger partial charge in [0.2, 0.25) is 21.8 Å². The van der Waals surface area contributed by atoms with Crippen LogP contribution in [-0.4, -0.2) is 29.9 Å². The molecule has 0 saturated heterocycles. The minimum absolute atomic E-state index is 0. The highest BCUT2D eigenvalue weighted by atomic mass is 35.5. The van der Waals surface area contributed by atoms with Crippen molar-refractivity contribution in [2.24, 2.45) is 47.3 Å². The zero-order valence-corrected chi connectivity index (χ0v) is 42.9. The Balaban J connectivity index is 0.000000125. The van der Waals surface area contributed by atoms with Crippen LogP contribution in [0.3, 0.4) is 0 Å². The third kappa shape index (κ3) is 8.21. The molecule has 0 radical (unpaired) electrons. The number of hydrogen-bond donors (Lipinski definition) is 0. The van der Waals surface area contributed by atoms with Crippen molar-refractivity contribution in [3.8, 4) is 22.8 Å². The minimum atomic E-state index is 0. The van der Waals surface area contributed by atoms with E-state index in [0.717, 1.165) is 53.1 Å². The van der Waals surface area contributed by atoms with Crippen molar-refractivity contribution >= 4 is 52.1 Å². The molecule has 0 unspecified atom stereocenters. The predicted molar refractivity (Wildman–Crippen MR) is 305 cm³/mol. The van der Waals surface area contributed by atoms with Crippen molar-refractivity contribution in [2.45, 2.75) is 96.3 Å². The van der Waals surface area contributed by atoms with Crippen LogP contribution >= 0.6 is 34.8 Å². The fourth-order valence-corrected chi connectivity index (χ4v) is 17.4. The first kappa shape index (κ1) is 49.9. The van der Waals surface area contributed by atoms with E-state index in [-0.39, 0.29) is 36.1 Å². The highest BCUT2D eigenvalue weighted by Crippen LogP contribution is 2.70. The first-order chi connectivity index (χ1) is 35.8. The van der Waals surface area contributed by atoms with E-state index in [1.54, 1.807) is 22.3 Å². The lowest BCUT2D eigenvalue weighted by Crippen LogP contribution is -2.57. The van der Waals surface area contributed by atoms with Gasteiger partial charge < -0.3 is 0 Å². The van der Waals surface area contributed by atoms with E-state index < -0.39 is 0 Å². The van der Waals surface area contributed by atoms with Gasteiger partial charge in [0.05, 0.1) is 11.4 Å². The quantitative estimate of drug-likeness (QED) is 0.174. The molecule has 8 bridgehead atoms. The summed E-state index contributed by atoms with van der Waals surface area (Å²) in [5, 5.41) is 0.413. The molecule has 18 rings (SSSR count). The van der Waals surface area contributed by atoms with Crippen molar-refractivity contribution in [1.82, 2.24) is 29.9 Å². The SMILES string of the molecule is C.C.Clc1nc(-c2ccccc2)nc(N2c3ccccc3C3(c4ccccc42)C2CC4CC(C2)CC3C4)n1.Clc1nc(Cl)nc(-c2ccccc2)n1.c1ccc2c(c1)Cc1ccccc1C21C2CC3CC(C2)CC1C3. The summed E-state index contributed by atoms with van der Waals surface area (Å²) in [6.07, 6.45) is 15.5. The topological polar surface area (TPSA) is 80.6 Å². The van der Waals surface area contributed by atoms with Crippen molar-refractivity contribution in [3.05, 3.63) is 207 Å². The molecule has 2 spiro atoms. The average Bonchev–Trinajstić information content (AvgIpc) is 3.41. The summed E-state index contributed by atoms with van der Waals surface area (Å²) < 4.78 is 0. The second kappa shape index (κ2) is 19.9. The van der Waals surface area contributed by atoms with Gasteiger partial charge in [0.15, 0.2) is 11.6 Å². The molecule has 6 aromatic carbocycles. The maximum atomic E-state index is 6.53. The third-order valence-corrected chi connectivity index (χ3v) is 19.3. The molecule has 75 heavy (non-hydrogen) atoms. The Morgan fingerprint density at radius 3 is 1.11 bits per heavy atom. The molecule has 8 aromatic rings. The molecular weight excluding hydrogens is 985 g/mol. The van der Waals surface area contributed by atoms with E-state index in [9.17, 15) is 0 Å². The molecule has 2 aromatic heterocycles. The van der Waals surface area contributed by atoms with Crippen LogP contribution in [0.15, 0.2) is 158 Å². The molecule has 8 saturated carbocycles. The van der Waals surface area contributed by atoms with Gasteiger partial charge in [-0.15, -0.1) is 0 Å². The third-order valence-electron chi connectivity index (χ3n) is 18.8. The highest BCUT2D eigenvalue weighted by Gasteiger charge is 2.62. The minimum Gasteiger partial charge on any atom is -0.278 e. The number of fused-ring (bicyclic) bond motifs is 4. The first-order valence-corrected chi connectivity index (χ1v) is 27.7. The summed E-state index contributed by atoms with van der Waals surface area (Å²) in [6.45, 7) is 0. The van der Waals surface area contributed by atoms with E-state index in [4.69, 9.17) is 39.8 Å². The lowest BCUT2D eigenvalue weighted by atomic mass is 9.40. The van der Waals surface area contributed by atoms with Crippen LogP contribution in [0.4, 0.5) is 17.3 Å². The Kier molecular flexibility index (Phi) is 13.2. The van der Waals surface area contributed by atoms with Gasteiger partial charge in [0, 0.05) is 22.0 Å². The average molecular weight is 1050 g/mol. The van der Waals surface area contributed by atoms with Crippen LogP contribution in [0, 0.1) is 47.3 Å². The van der Waals surface area contributed by atoms with Gasteiger partial charge in [-0.3, -0.25) is 4.90 Å². The van der Waals surface area contributed by atoms with E-state index in [1.165, 1.54) is 86.7 Å². The Labute approximate surface area is 457 Å². The summed E-state index contributed by atoms with van der Waals surface area (Å²) in [7, 11) is 0. The number of hydrogen-bond acceptors (Lipinski definition) is 7. The van der Waals surface area contributed by atoms with E-state index in [2.05, 4.69) is 127 Å². The molecule has 10 heteroatoms. The van der Waals surface area contributed by atoms with Gasteiger partial charge in [0.25, 0.3) is 0 Å². The molecule has 0 amide bonds. The molecule has 9 aliphatic carbocycles. The monoisotopic (exact) mass is 1050 g/mol. The largest absolute Gasteiger partial charge is 0.278 e. The summed E-state index contributed by atoms with van der Waals surface area (Å²) in [4.78, 5) is 27.9. The molecule has 8 fully saturated rings.